The van der Waals surface area contributed by atoms with Gasteiger partial charge in [0.25, 0.3) is 0 Å². The first-order chi connectivity index (χ1) is 12.6. The predicted molar refractivity (Wildman–Crippen MR) is 94.4 cm³/mol. The Kier molecular flexibility index (Phi) is 5.56. The summed E-state index contributed by atoms with van der Waals surface area (Å²) >= 11 is 0. The van der Waals surface area contributed by atoms with Crippen LogP contribution in [0, 0.1) is 5.82 Å². The third kappa shape index (κ3) is 3.72. The van der Waals surface area contributed by atoms with Crippen LogP contribution in [0.25, 0.3) is 0 Å². The number of methoxy groups -OCH3 is 1. The molecule has 1 aromatic carbocycles. The third-order valence-corrected chi connectivity index (χ3v) is 4.80. The van der Waals surface area contributed by atoms with Crippen molar-refractivity contribution in [3.05, 3.63) is 47.5 Å². The molecule has 2 aromatic rings. The Morgan fingerprint density at radius 2 is 2.19 bits per heavy atom. The Bertz CT molecular complexity index is 769. The second-order valence-electron chi connectivity index (χ2n) is 6.45. The number of rotatable bonds is 6. The largest absolute Gasteiger partial charge is 0.494 e. The van der Waals surface area contributed by atoms with Gasteiger partial charge >= 0.3 is 0 Å². The van der Waals surface area contributed by atoms with Crippen molar-refractivity contribution in [2.24, 2.45) is 0 Å². The maximum atomic E-state index is 14.9. The average Bonchev–Trinajstić information content (AvgIpc) is 3.10. The molecule has 3 rings (SSSR count). The summed E-state index contributed by atoms with van der Waals surface area (Å²) in [6, 6.07) is 5.03. The average molecular weight is 361 g/mol. The minimum absolute atomic E-state index is 0.162. The molecule has 0 bridgehead atoms. The lowest BCUT2D eigenvalue weighted by molar-refractivity contribution is -0.123. The molecule has 140 valence electrons. The zero-order chi connectivity index (χ0) is 18.6. The molecule has 1 saturated heterocycles. The smallest absolute Gasteiger partial charge is 0.225 e. The molecule has 0 spiro atoms. The van der Waals surface area contributed by atoms with Crippen molar-refractivity contribution in [1.29, 1.82) is 0 Å². The number of carbonyl (C=O) groups is 1. The minimum atomic E-state index is -0.797. The summed E-state index contributed by atoms with van der Waals surface area (Å²) in [5.41, 5.74) is 0.477. The van der Waals surface area contributed by atoms with Crippen molar-refractivity contribution in [3.63, 3.8) is 0 Å². The predicted octanol–water partition coefficient (Wildman–Crippen LogP) is 2.42. The summed E-state index contributed by atoms with van der Waals surface area (Å²) in [5.74, 6) is -0.424. The molecule has 2 heterocycles. The van der Waals surface area contributed by atoms with E-state index in [0.717, 1.165) is 12.1 Å². The lowest BCUT2D eigenvalue weighted by Gasteiger charge is -2.38. The second-order valence-corrected chi connectivity index (χ2v) is 6.45. The normalized spacial score (nSPS) is 16.3. The number of nitrogens with one attached hydrogen (secondary N) is 1. The molecule has 6 nitrogen and oxygen atoms in total. The van der Waals surface area contributed by atoms with Gasteiger partial charge in [-0.1, -0.05) is 12.1 Å². The zero-order valence-electron chi connectivity index (χ0n) is 15.1. The molecule has 1 aliphatic heterocycles. The van der Waals surface area contributed by atoms with Crippen LogP contribution in [0.4, 0.5) is 4.39 Å². The number of nitrogens with zero attached hydrogens (tertiary/aromatic N) is 2. The van der Waals surface area contributed by atoms with Gasteiger partial charge in [-0.2, -0.15) is 5.10 Å². The number of aromatic nitrogens is 2. The highest BCUT2D eigenvalue weighted by atomic mass is 19.1. The van der Waals surface area contributed by atoms with Crippen LogP contribution in [0.5, 0.6) is 5.75 Å². The van der Waals surface area contributed by atoms with Gasteiger partial charge in [0.15, 0.2) is 11.6 Å². The fourth-order valence-corrected chi connectivity index (χ4v) is 3.39. The van der Waals surface area contributed by atoms with E-state index in [4.69, 9.17) is 9.47 Å². The first kappa shape index (κ1) is 18.4. The van der Waals surface area contributed by atoms with E-state index in [1.54, 1.807) is 29.1 Å². The van der Waals surface area contributed by atoms with Crippen molar-refractivity contribution in [2.75, 3.05) is 20.3 Å². The first-order valence-corrected chi connectivity index (χ1v) is 8.81. The van der Waals surface area contributed by atoms with Crippen LogP contribution in [0.1, 0.15) is 30.9 Å². The number of aryl methyl sites for hydroxylation is 1. The van der Waals surface area contributed by atoms with Gasteiger partial charge in [0, 0.05) is 31.5 Å². The van der Waals surface area contributed by atoms with E-state index in [0.29, 0.717) is 31.6 Å². The zero-order valence-corrected chi connectivity index (χ0v) is 15.1. The van der Waals surface area contributed by atoms with Crippen molar-refractivity contribution in [1.82, 2.24) is 15.1 Å². The molecular weight excluding hydrogens is 337 g/mol. The van der Waals surface area contributed by atoms with Crippen molar-refractivity contribution in [2.45, 2.75) is 38.3 Å². The quantitative estimate of drug-likeness (QED) is 0.858. The number of amides is 1. The Morgan fingerprint density at radius 1 is 1.42 bits per heavy atom. The number of hydrogen-bond acceptors (Lipinski definition) is 4. The highest BCUT2D eigenvalue weighted by molar-refractivity contribution is 5.79. The van der Waals surface area contributed by atoms with Crippen LogP contribution in [-0.4, -0.2) is 36.0 Å². The summed E-state index contributed by atoms with van der Waals surface area (Å²) in [7, 11) is 1.43. The van der Waals surface area contributed by atoms with Crippen molar-refractivity contribution >= 4 is 5.91 Å². The van der Waals surface area contributed by atoms with Crippen molar-refractivity contribution < 1.29 is 18.7 Å². The Labute approximate surface area is 152 Å². The molecule has 0 radical (unpaired) electrons. The van der Waals surface area contributed by atoms with E-state index in [-0.39, 0.29) is 18.1 Å². The van der Waals surface area contributed by atoms with Crippen LogP contribution in [0.2, 0.25) is 0 Å². The van der Waals surface area contributed by atoms with Gasteiger partial charge < -0.3 is 14.8 Å². The molecule has 1 aliphatic rings. The second kappa shape index (κ2) is 7.86. The summed E-state index contributed by atoms with van der Waals surface area (Å²) in [4.78, 5) is 12.7. The van der Waals surface area contributed by atoms with E-state index < -0.39 is 11.4 Å². The molecule has 26 heavy (non-hydrogen) atoms. The number of hydrogen-bond donors (Lipinski definition) is 1. The molecule has 0 aliphatic carbocycles. The van der Waals surface area contributed by atoms with Gasteiger partial charge in [-0.3, -0.25) is 9.48 Å². The van der Waals surface area contributed by atoms with E-state index in [2.05, 4.69) is 10.4 Å². The summed E-state index contributed by atoms with van der Waals surface area (Å²) in [6.07, 6.45) is 4.76. The SMILES string of the molecule is CCn1cc(CC(=O)NC2(c3cccc(OC)c3F)CCOCC2)cn1. The molecule has 0 atom stereocenters. The van der Waals surface area contributed by atoms with Crippen LogP contribution in [-0.2, 0) is 28.0 Å². The van der Waals surface area contributed by atoms with E-state index in [9.17, 15) is 9.18 Å². The summed E-state index contributed by atoms with van der Waals surface area (Å²) < 4.78 is 27.2. The van der Waals surface area contributed by atoms with Gasteiger partial charge in [0.1, 0.15) is 0 Å². The minimum Gasteiger partial charge on any atom is -0.494 e. The lowest BCUT2D eigenvalue weighted by Crippen LogP contribution is -2.50. The molecule has 1 aromatic heterocycles. The maximum Gasteiger partial charge on any atom is 0.225 e. The summed E-state index contributed by atoms with van der Waals surface area (Å²) in [5, 5.41) is 7.25. The van der Waals surface area contributed by atoms with Gasteiger partial charge in [-0.15, -0.1) is 0 Å². The number of carbonyl (C=O) groups excluding carboxylic acids is 1. The van der Waals surface area contributed by atoms with Crippen LogP contribution < -0.4 is 10.1 Å². The monoisotopic (exact) mass is 361 g/mol. The van der Waals surface area contributed by atoms with Crippen molar-refractivity contribution in [3.8, 4) is 5.75 Å². The van der Waals surface area contributed by atoms with E-state index in [1.165, 1.54) is 7.11 Å². The topological polar surface area (TPSA) is 65.4 Å². The highest BCUT2D eigenvalue weighted by Crippen LogP contribution is 2.36. The van der Waals surface area contributed by atoms with Gasteiger partial charge in [0.2, 0.25) is 5.91 Å². The first-order valence-electron chi connectivity index (χ1n) is 8.81. The van der Waals surface area contributed by atoms with E-state index in [1.807, 2.05) is 13.1 Å². The fourth-order valence-electron chi connectivity index (χ4n) is 3.39. The summed E-state index contributed by atoms with van der Waals surface area (Å²) in [6.45, 7) is 3.66. The third-order valence-electron chi connectivity index (χ3n) is 4.80. The van der Waals surface area contributed by atoms with Gasteiger partial charge in [-0.05, 0) is 31.4 Å². The van der Waals surface area contributed by atoms with Crippen LogP contribution >= 0.6 is 0 Å². The number of halogens is 1. The van der Waals surface area contributed by atoms with E-state index >= 15 is 0 Å². The Hall–Kier alpha value is -2.41. The lowest BCUT2D eigenvalue weighted by atomic mass is 9.82. The molecule has 0 saturated carbocycles. The Morgan fingerprint density at radius 3 is 2.85 bits per heavy atom. The van der Waals surface area contributed by atoms with Crippen LogP contribution in [0.3, 0.4) is 0 Å². The molecular formula is C19H24FN3O3. The molecule has 1 N–H and O–H groups in total. The number of ether oxygens (including phenoxy) is 2. The molecule has 0 unspecified atom stereocenters. The molecule has 7 heteroatoms. The van der Waals surface area contributed by atoms with Gasteiger partial charge in [-0.25, -0.2) is 4.39 Å². The Balaban J connectivity index is 1.84. The van der Waals surface area contributed by atoms with Crippen LogP contribution in [0.15, 0.2) is 30.6 Å². The number of benzene rings is 1. The fraction of sp³-hybridized carbons (Fsp3) is 0.474. The molecule has 1 fully saturated rings. The molecule has 1 amide bonds. The maximum absolute atomic E-state index is 14.9. The standard InChI is InChI=1S/C19H24FN3O3/c1-3-23-13-14(12-21-23)11-17(24)22-19(7-9-26-10-8-19)15-5-4-6-16(25-2)18(15)20/h4-6,12-13H,3,7-11H2,1-2H3,(H,22,24). The van der Waals surface area contributed by atoms with Gasteiger partial charge in [0.05, 0.1) is 25.3 Å². The highest BCUT2D eigenvalue weighted by Gasteiger charge is 2.38.